The fourth-order valence-electron chi connectivity index (χ4n) is 1.37. The third kappa shape index (κ3) is 1.66. The van der Waals surface area contributed by atoms with Gasteiger partial charge in [-0.1, -0.05) is 0 Å². The molecule has 7 heteroatoms. The molecule has 2 rings (SSSR count). The SMILES string of the molecule is N#Cc1cc(N2CC(F)(F)C2)c(=O)[nH]n1. The summed E-state index contributed by atoms with van der Waals surface area (Å²) in [5.41, 5.74) is -0.503. The van der Waals surface area contributed by atoms with Gasteiger partial charge in [-0.2, -0.15) is 10.4 Å². The molecule has 0 radical (unpaired) electrons. The second kappa shape index (κ2) is 3.02. The second-order valence-electron chi connectivity index (χ2n) is 3.29. The number of aromatic nitrogens is 2. The van der Waals surface area contributed by atoms with Crippen LogP contribution in [-0.4, -0.2) is 29.2 Å². The Labute approximate surface area is 82.9 Å². The van der Waals surface area contributed by atoms with Gasteiger partial charge in [0.25, 0.3) is 11.5 Å². The molecule has 1 saturated heterocycles. The van der Waals surface area contributed by atoms with Crippen molar-refractivity contribution in [1.82, 2.24) is 10.2 Å². The summed E-state index contributed by atoms with van der Waals surface area (Å²) < 4.78 is 25.1. The van der Waals surface area contributed by atoms with Crippen molar-refractivity contribution < 1.29 is 8.78 Å². The summed E-state index contributed by atoms with van der Waals surface area (Å²) >= 11 is 0. The van der Waals surface area contributed by atoms with Crippen LogP contribution in [0.5, 0.6) is 0 Å². The van der Waals surface area contributed by atoms with E-state index in [1.54, 1.807) is 6.07 Å². The average molecular weight is 212 g/mol. The minimum atomic E-state index is -2.75. The van der Waals surface area contributed by atoms with Crippen LogP contribution in [0, 0.1) is 11.3 Å². The van der Waals surface area contributed by atoms with Crippen molar-refractivity contribution in [2.45, 2.75) is 5.92 Å². The number of nitrogens with zero attached hydrogens (tertiary/aromatic N) is 3. The predicted octanol–water partition coefficient (Wildman–Crippen LogP) is 0.0969. The first-order chi connectivity index (χ1) is 7.02. The van der Waals surface area contributed by atoms with Gasteiger partial charge < -0.3 is 4.90 Å². The summed E-state index contributed by atoms with van der Waals surface area (Å²) in [5, 5.41) is 14.0. The van der Waals surface area contributed by atoms with Crippen LogP contribution in [0.4, 0.5) is 14.5 Å². The molecule has 5 nitrogen and oxygen atoms in total. The lowest BCUT2D eigenvalue weighted by Gasteiger charge is -2.39. The summed E-state index contributed by atoms with van der Waals surface area (Å²) in [6.45, 7) is -0.990. The van der Waals surface area contributed by atoms with E-state index in [0.29, 0.717) is 0 Å². The molecule has 0 aromatic carbocycles. The van der Waals surface area contributed by atoms with Gasteiger partial charge in [-0.3, -0.25) is 4.79 Å². The van der Waals surface area contributed by atoms with E-state index in [4.69, 9.17) is 5.26 Å². The minimum Gasteiger partial charge on any atom is -0.355 e. The van der Waals surface area contributed by atoms with E-state index in [-0.39, 0.29) is 11.4 Å². The Morgan fingerprint density at radius 1 is 1.60 bits per heavy atom. The summed E-state index contributed by atoms with van der Waals surface area (Å²) in [4.78, 5) is 12.4. The van der Waals surface area contributed by atoms with E-state index in [9.17, 15) is 13.6 Å². The first-order valence-corrected chi connectivity index (χ1v) is 4.14. The molecule has 1 N–H and O–H groups in total. The Kier molecular flexibility index (Phi) is 1.93. The zero-order chi connectivity index (χ0) is 11.1. The number of alkyl halides is 2. The lowest BCUT2D eigenvalue weighted by molar-refractivity contribution is -0.0264. The van der Waals surface area contributed by atoms with Gasteiger partial charge in [0.05, 0.1) is 13.1 Å². The van der Waals surface area contributed by atoms with Crippen LogP contribution >= 0.6 is 0 Å². The molecule has 1 aliphatic rings. The number of halogens is 2. The summed E-state index contributed by atoms with van der Waals surface area (Å²) in [6, 6.07) is 2.93. The number of anilines is 1. The molecule has 0 unspecified atom stereocenters. The highest BCUT2D eigenvalue weighted by molar-refractivity contribution is 5.50. The highest BCUT2D eigenvalue weighted by Crippen LogP contribution is 2.29. The van der Waals surface area contributed by atoms with Gasteiger partial charge in [0.1, 0.15) is 11.8 Å². The van der Waals surface area contributed by atoms with Crippen LogP contribution in [0.25, 0.3) is 0 Å². The molecule has 1 fully saturated rings. The lowest BCUT2D eigenvalue weighted by Crippen LogP contribution is -2.57. The molecular formula is C8H6F2N4O. The molecular weight excluding hydrogens is 206 g/mol. The van der Waals surface area contributed by atoms with E-state index in [1.165, 1.54) is 11.0 Å². The van der Waals surface area contributed by atoms with Crippen LogP contribution < -0.4 is 10.5 Å². The minimum absolute atomic E-state index is 0.000170. The lowest BCUT2D eigenvalue weighted by atomic mass is 10.1. The number of hydrogen-bond acceptors (Lipinski definition) is 4. The van der Waals surface area contributed by atoms with Gasteiger partial charge >= 0.3 is 0 Å². The third-order valence-electron chi connectivity index (χ3n) is 2.08. The third-order valence-corrected chi connectivity index (χ3v) is 2.08. The molecule has 78 valence electrons. The Morgan fingerprint density at radius 3 is 2.80 bits per heavy atom. The van der Waals surface area contributed by atoms with Gasteiger partial charge in [-0.15, -0.1) is 0 Å². The van der Waals surface area contributed by atoms with E-state index < -0.39 is 24.6 Å². The largest absolute Gasteiger partial charge is 0.355 e. The fourth-order valence-corrected chi connectivity index (χ4v) is 1.37. The maximum atomic E-state index is 12.6. The molecule has 0 saturated carbocycles. The molecule has 0 amide bonds. The molecule has 15 heavy (non-hydrogen) atoms. The number of nitrogens with one attached hydrogen (secondary N) is 1. The quantitative estimate of drug-likeness (QED) is 0.716. The first kappa shape index (κ1) is 9.58. The van der Waals surface area contributed by atoms with Gasteiger partial charge in [0, 0.05) is 6.07 Å². The van der Waals surface area contributed by atoms with Crippen molar-refractivity contribution in [2.75, 3.05) is 18.0 Å². The predicted molar refractivity (Wildman–Crippen MR) is 46.7 cm³/mol. The molecule has 2 heterocycles. The van der Waals surface area contributed by atoms with Crippen LogP contribution in [0.2, 0.25) is 0 Å². The van der Waals surface area contributed by atoms with Gasteiger partial charge in [-0.05, 0) is 0 Å². The molecule has 1 aliphatic heterocycles. The maximum absolute atomic E-state index is 12.6. The smallest absolute Gasteiger partial charge is 0.287 e. The summed E-state index contributed by atoms with van der Waals surface area (Å²) in [7, 11) is 0. The standard InChI is InChI=1S/C8H6F2N4O/c9-8(10)3-14(4-8)6-1-5(2-11)12-13-7(6)15/h1H,3-4H2,(H,13,15). The molecule has 1 aromatic heterocycles. The molecule has 0 atom stereocenters. The number of nitriles is 1. The normalized spacial score (nSPS) is 18.1. The molecule has 0 aliphatic carbocycles. The summed E-state index contributed by atoms with van der Waals surface area (Å²) in [5.74, 6) is -2.75. The van der Waals surface area contributed by atoms with Crippen LogP contribution in [-0.2, 0) is 0 Å². The van der Waals surface area contributed by atoms with Crippen molar-refractivity contribution in [3.8, 4) is 6.07 Å². The van der Waals surface area contributed by atoms with Crippen molar-refractivity contribution in [3.05, 3.63) is 22.1 Å². The highest BCUT2D eigenvalue weighted by Gasteiger charge is 2.44. The number of aromatic amines is 1. The van der Waals surface area contributed by atoms with E-state index in [1.807, 2.05) is 0 Å². The molecule has 1 aromatic rings. The van der Waals surface area contributed by atoms with Crippen molar-refractivity contribution in [3.63, 3.8) is 0 Å². The second-order valence-corrected chi connectivity index (χ2v) is 3.29. The fraction of sp³-hybridized carbons (Fsp3) is 0.375. The Bertz CT molecular complexity index is 482. The van der Waals surface area contributed by atoms with Crippen LogP contribution in [0.15, 0.2) is 10.9 Å². The van der Waals surface area contributed by atoms with E-state index in [2.05, 4.69) is 10.2 Å². The van der Waals surface area contributed by atoms with E-state index in [0.717, 1.165) is 0 Å². The number of rotatable bonds is 1. The van der Waals surface area contributed by atoms with Crippen molar-refractivity contribution in [1.29, 1.82) is 5.26 Å². The van der Waals surface area contributed by atoms with Crippen LogP contribution in [0.1, 0.15) is 5.69 Å². The Balaban J connectivity index is 2.30. The van der Waals surface area contributed by atoms with Gasteiger partial charge in [0.15, 0.2) is 5.69 Å². The monoisotopic (exact) mass is 212 g/mol. The zero-order valence-electron chi connectivity index (χ0n) is 7.50. The maximum Gasteiger partial charge on any atom is 0.287 e. The average Bonchev–Trinajstić information content (AvgIpc) is 2.15. The van der Waals surface area contributed by atoms with Gasteiger partial charge in [0.2, 0.25) is 0 Å². The zero-order valence-corrected chi connectivity index (χ0v) is 7.50. The first-order valence-electron chi connectivity index (χ1n) is 4.14. The number of hydrogen-bond donors (Lipinski definition) is 1. The highest BCUT2D eigenvalue weighted by atomic mass is 19.3. The topological polar surface area (TPSA) is 72.8 Å². The van der Waals surface area contributed by atoms with Gasteiger partial charge in [-0.25, -0.2) is 13.9 Å². The van der Waals surface area contributed by atoms with E-state index >= 15 is 0 Å². The molecule has 0 spiro atoms. The van der Waals surface area contributed by atoms with Crippen LogP contribution in [0.3, 0.4) is 0 Å². The Hall–Kier alpha value is -1.97. The number of H-pyrrole nitrogens is 1. The van der Waals surface area contributed by atoms with Crippen molar-refractivity contribution >= 4 is 5.69 Å². The summed E-state index contributed by atoms with van der Waals surface area (Å²) in [6.07, 6.45) is 0. The Morgan fingerprint density at radius 2 is 2.27 bits per heavy atom. The molecule has 0 bridgehead atoms. The van der Waals surface area contributed by atoms with Crippen molar-refractivity contribution in [2.24, 2.45) is 0 Å².